The van der Waals surface area contributed by atoms with Gasteiger partial charge in [0.25, 0.3) is 5.91 Å². The number of hydrogen-bond donors (Lipinski definition) is 2. The van der Waals surface area contributed by atoms with Crippen molar-refractivity contribution in [3.05, 3.63) is 54.2 Å². The molecular weight excluding hydrogens is 418 g/mol. The number of nitrogens with one attached hydrogen (secondary N) is 2. The molecule has 1 aromatic carbocycles. The lowest BCUT2D eigenvalue weighted by Gasteiger charge is -2.38. The van der Waals surface area contributed by atoms with E-state index < -0.39 is 0 Å². The summed E-state index contributed by atoms with van der Waals surface area (Å²) in [6, 6.07) is 6.31. The number of hydrogen-bond acceptors (Lipinski definition) is 7. The largest absolute Gasteiger partial charge is 0.494 e. The highest BCUT2D eigenvalue weighted by Crippen LogP contribution is 2.30. The molecule has 2 unspecified atom stereocenters. The number of fused-ring (bicyclic) bond motifs is 2. The van der Waals surface area contributed by atoms with E-state index in [9.17, 15) is 4.79 Å². The highest BCUT2D eigenvalue weighted by Gasteiger charge is 2.25. The lowest BCUT2D eigenvalue weighted by atomic mass is 10.1. The molecule has 1 aliphatic rings. The number of aryl methyl sites for hydroxylation is 1. The van der Waals surface area contributed by atoms with Gasteiger partial charge in [0.1, 0.15) is 28.1 Å². The van der Waals surface area contributed by atoms with Crippen LogP contribution in [0.3, 0.4) is 0 Å². The summed E-state index contributed by atoms with van der Waals surface area (Å²) in [6.45, 7) is 7.99. The van der Waals surface area contributed by atoms with Crippen LogP contribution in [-0.4, -0.2) is 57.5 Å². The molecule has 0 aliphatic carbocycles. The van der Waals surface area contributed by atoms with Gasteiger partial charge in [-0.05, 0) is 32.9 Å². The van der Waals surface area contributed by atoms with E-state index in [4.69, 9.17) is 4.74 Å². The highest BCUT2D eigenvalue weighted by atomic mass is 16.5. The first-order chi connectivity index (χ1) is 15.9. The quantitative estimate of drug-likeness (QED) is 0.498. The number of imidazole rings is 1. The zero-order chi connectivity index (χ0) is 23.1. The number of ether oxygens (including phenoxy) is 1. The molecule has 1 amide bonds. The Kier molecular flexibility index (Phi) is 5.33. The minimum atomic E-state index is -0.274. The van der Waals surface area contributed by atoms with Crippen LogP contribution in [0.1, 0.15) is 29.9 Å². The summed E-state index contributed by atoms with van der Waals surface area (Å²) in [5.74, 6) is 0.265. The monoisotopic (exact) mass is 445 g/mol. The SMILES string of the molecule is COc1cc2nc(C)cn2cc1NC(=O)c1ccc(N2CC(C)NC(C)C2)c2nccnc12. The molecule has 1 saturated heterocycles. The van der Waals surface area contributed by atoms with Crippen LogP contribution in [0.4, 0.5) is 11.4 Å². The Labute approximate surface area is 191 Å². The predicted octanol–water partition coefficient (Wildman–Crippen LogP) is 3.03. The van der Waals surface area contributed by atoms with Crippen molar-refractivity contribution in [1.29, 1.82) is 0 Å². The maximum Gasteiger partial charge on any atom is 0.258 e. The molecule has 0 saturated carbocycles. The first kappa shape index (κ1) is 21.1. The van der Waals surface area contributed by atoms with Gasteiger partial charge in [-0.25, -0.2) is 4.98 Å². The molecule has 33 heavy (non-hydrogen) atoms. The van der Waals surface area contributed by atoms with E-state index in [1.807, 2.05) is 29.7 Å². The summed E-state index contributed by atoms with van der Waals surface area (Å²) in [5.41, 5.74) is 4.93. The minimum absolute atomic E-state index is 0.274. The molecular formula is C24H27N7O2. The molecule has 9 heteroatoms. The van der Waals surface area contributed by atoms with Crippen LogP contribution in [0.25, 0.3) is 16.7 Å². The molecule has 0 radical (unpaired) electrons. The Balaban J connectivity index is 1.52. The zero-order valence-corrected chi connectivity index (χ0v) is 19.2. The summed E-state index contributed by atoms with van der Waals surface area (Å²) in [6.07, 6.45) is 6.99. The minimum Gasteiger partial charge on any atom is -0.494 e. The molecule has 170 valence electrons. The summed E-state index contributed by atoms with van der Waals surface area (Å²) < 4.78 is 7.36. The number of anilines is 2. The predicted molar refractivity (Wildman–Crippen MR) is 128 cm³/mol. The van der Waals surface area contributed by atoms with E-state index in [1.165, 1.54) is 0 Å². The van der Waals surface area contributed by atoms with Crippen molar-refractivity contribution in [2.45, 2.75) is 32.9 Å². The molecule has 0 bridgehead atoms. The Morgan fingerprint density at radius 1 is 1.12 bits per heavy atom. The van der Waals surface area contributed by atoms with E-state index in [-0.39, 0.29) is 5.91 Å². The fraction of sp³-hybridized carbons (Fsp3) is 0.333. The number of aromatic nitrogens is 4. The molecule has 5 rings (SSSR count). The molecule has 3 aromatic heterocycles. The van der Waals surface area contributed by atoms with Crippen molar-refractivity contribution in [3.8, 4) is 5.75 Å². The second-order valence-corrected chi connectivity index (χ2v) is 8.62. The van der Waals surface area contributed by atoms with Gasteiger partial charge in [0.05, 0.1) is 24.1 Å². The Hall–Kier alpha value is -3.72. The van der Waals surface area contributed by atoms with Crippen LogP contribution < -0.4 is 20.3 Å². The smallest absolute Gasteiger partial charge is 0.258 e. The van der Waals surface area contributed by atoms with Crippen LogP contribution in [0.5, 0.6) is 5.75 Å². The van der Waals surface area contributed by atoms with Crippen LogP contribution in [-0.2, 0) is 0 Å². The second-order valence-electron chi connectivity index (χ2n) is 8.62. The number of benzene rings is 1. The number of carbonyl (C=O) groups excluding carboxylic acids is 1. The van der Waals surface area contributed by atoms with Gasteiger partial charge in [-0.1, -0.05) is 0 Å². The average molecular weight is 446 g/mol. The number of nitrogens with zero attached hydrogens (tertiary/aromatic N) is 5. The fourth-order valence-corrected chi connectivity index (χ4v) is 4.60. The Bertz CT molecular complexity index is 1340. The third-order valence-corrected chi connectivity index (χ3v) is 5.89. The van der Waals surface area contributed by atoms with Crippen molar-refractivity contribution in [2.75, 3.05) is 30.4 Å². The number of piperazine rings is 1. The lowest BCUT2D eigenvalue weighted by Crippen LogP contribution is -2.54. The van der Waals surface area contributed by atoms with Crippen molar-refractivity contribution >= 4 is 34.0 Å². The standard InChI is InChI=1S/C24H27N7O2/c1-14-10-30(11-15(2)27-14)19-6-5-17(22-23(19)26-8-7-25-22)24(32)29-18-13-31-12-16(3)28-21(31)9-20(18)33-4/h5-9,12-15,27H,10-11H2,1-4H3,(H,29,32). The van der Waals surface area contributed by atoms with Gasteiger partial charge >= 0.3 is 0 Å². The van der Waals surface area contributed by atoms with Crippen LogP contribution in [0, 0.1) is 6.92 Å². The number of pyridine rings is 1. The topological polar surface area (TPSA) is 96.7 Å². The van der Waals surface area contributed by atoms with Crippen molar-refractivity contribution in [2.24, 2.45) is 0 Å². The maximum atomic E-state index is 13.3. The maximum absolute atomic E-state index is 13.3. The molecule has 0 spiro atoms. The second kappa shape index (κ2) is 8.32. The molecule has 4 aromatic rings. The first-order valence-corrected chi connectivity index (χ1v) is 11.0. The number of carbonyl (C=O) groups is 1. The zero-order valence-electron chi connectivity index (χ0n) is 19.2. The normalized spacial score (nSPS) is 18.6. The van der Waals surface area contributed by atoms with Gasteiger partial charge in [-0.3, -0.25) is 14.8 Å². The summed E-state index contributed by atoms with van der Waals surface area (Å²) in [4.78, 5) is 29.2. The van der Waals surface area contributed by atoms with Gasteiger partial charge in [0.2, 0.25) is 0 Å². The molecule has 9 nitrogen and oxygen atoms in total. The third-order valence-electron chi connectivity index (χ3n) is 5.89. The molecule has 1 fully saturated rings. The van der Waals surface area contributed by atoms with Crippen molar-refractivity contribution in [1.82, 2.24) is 24.7 Å². The molecule has 2 atom stereocenters. The third kappa shape index (κ3) is 3.95. The first-order valence-electron chi connectivity index (χ1n) is 11.0. The van der Waals surface area contributed by atoms with Crippen molar-refractivity contribution < 1.29 is 9.53 Å². The van der Waals surface area contributed by atoms with Crippen molar-refractivity contribution in [3.63, 3.8) is 0 Å². The van der Waals surface area contributed by atoms with Crippen LogP contribution >= 0.6 is 0 Å². The molecule has 1 aliphatic heterocycles. The summed E-state index contributed by atoms with van der Waals surface area (Å²) >= 11 is 0. The lowest BCUT2D eigenvalue weighted by molar-refractivity contribution is 0.102. The summed E-state index contributed by atoms with van der Waals surface area (Å²) in [7, 11) is 1.57. The van der Waals surface area contributed by atoms with Crippen LogP contribution in [0.2, 0.25) is 0 Å². The Morgan fingerprint density at radius 2 is 1.85 bits per heavy atom. The average Bonchev–Trinajstić information content (AvgIpc) is 3.15. The molecule has 2 N–H and O–H groups in total. The van der Waals surface area contributed by atoms with E-state index in [0.717, 1.165) is 35.6 Å². The van der Waals surface area contributed by atoms with Gasteiger partial charge in [-0.15, -0.1) is 0 Å². The number of methoxy groups -OCH3 is 1. The van der Waals surface area contributed by atoms with Gasteiger partial charge in [0.15, 0.2) is 0 Å². The highest BCUT2D eigenvalue weighted by molar-refractivity contribution is 6.13. The number of rotatable bonds is 4. The summed E-state index contributed by atoms with van der Waals surface area (Å²) in [5, 5.41) is 6.53. The van der Waals surface area contributed by atoms with Crippen LogP contribution in [0.15, 0.2) is 43.0 Å². The van der Waals surface area contributed by atoms with Gasteiger partial charge < -0.3 is 24.7 Å². The van der Waals surface area contributed by atoms with Gasteiger partial charge in [0, 0.05) is 56.0 Å². The van der Waals surface area contributed by atoms with E-state index >= 15 is 0 Å². The Morgan fingerprint density at radius 3 is 2.58 bits per heavy atom. The van der Waals surface area contributed by atoms with E-state index in [1.54, 1.807) is 31.8 Å². The van der Waals surface area contributed by atoms with E-state index in [0.29, 0.717) is 34.6 Å². The van der Waals surface area contributed by atoms with Gasteiger partial charge in [-0.2, -0.15) is 0 Å². The van der Waals surface area contributed by atoms with E-state index in [2.05, 4.69) is 44.3 Å². The number of amides is 1. The molecule has 4 heterocycles. The fourth-order valence-electron chi connectivity index (χ4n) is 4.60.